The van der Waals surface area contributed by atoms with Crippen molar-refractivity contribution in [2.45, 2.75) is 31.9 Å². The Morgan fingerprint density at radius 3 is 2.27 bits per heavy atom. The second kappa shape index (κ2) is 12.7. The van der Waals surface area contributed by atoms with Crippen molar-refractivity contribution in [2.75, 3.05) is 44.2 Å². The summed E-state index contributed by atoms with van der Waals surface area (Å²) in [6, 6.07) is 13.6. The Labute approximate surface area is 198 Å². The number of carbonyl (C=O) groups is 1. The van der Waals surface area contributed by atoms with Crippen molar-refractivity contribution in [3.63, 3.8) is 0 Å². The third-order valence-corrected chi connectivity index (χ3v) is 5.63. The molecule has 0 saturated carbocycles. The molecule has 5 nitrogen and oxygen atoms in total. The van der Waals surface area contributed by atoms with E-state index < -0.39 is 17.7 Å². The number of piperazine rings is 1. The first kappa shape index (κ1) is 26.8. The molecule has 0 unspecified atom stereocenters. The molecule has 0 aliphatic carbocycles. The molecule has 0 bridgehead atoms. The molecule has 2 aromatic carbocycles. The van der Waals surface area contributed by atoms with Crippen molar-refractivity contribution in [3.05, 3.63) is 59.7 Å². The van der Waals surface area contributed by atoms with Crippen molar-refractivity contribution < 1.29 is 27.8 Å². The van der Waals surface area contributed by atoms with Gasteiger partial charge < -0.3 is 14.7 Å². The van der Waals surface area contributed by atoms with Crippen molar-refractivity contribution in [3.8, 4) is 5.75 Å². The maximum absolute atomic E-state index is 13.3. The molecule has 1 N–H and O–H groups in total. The van der Waals surface area contributed by atoms with Crippen LogP contribution < -0.4 is 9.64 Å². The fraction of sp³-hybridized carbons (Fsp3) is 0.458. The molecule has 1 aliphatic rings. The molecule has 1 fully saturated rings. The van der Waals surface area contributed by atoms with Crippen LogP contribution in [0.25, 0.3) is 0 Å². The molecule has 2 aromatic rings. The highest BCUT2D eigenvalue weighted by molar-refractivity contribution is 5.85. The van der Waals surface area contributed by atoms with E-state index in [0.717, 1.165) is 30.2 Å². The lowest BCUT2D eigenvalue weighted by molar-refractivity contribution is -0.138. The fourth-order valence-electron chi connectivity index (χ4n) is 3.85. The smallest absolute Gasteiger partial charge is 0.418 e. The average molecular weight is 487 g/mol. The summed E-state index contributed by atoms with van der Waals surface area (Å²) in [5, 5.41) is 8.67. The van der Waals surface area contributed by atoms with Gasteiger partial charge in [0.25, 0.3) is 0 Å². The van der Waals surface area contributed by atoms with Crippen LogP contribution in [0.4, 0.5) is 18.9 Å². The lowest BCUT2D eigenvalue weighted by Crippen LogP contribution is -2.48. The Morgan fingerprint density at radius 1 is 0.970 bits per heavy atom. The summed E-state index contributed by atoms with van der Waals surface area (Å²) >= 11 is 0. The zero-order valence-corrected chi connectivity index (χ0v) is 19.2. The minimum Gasteiger partial charge on any atom is -0.492 e. The Morgan fingerprint density at radius 2 is 1.64 bits per heavy atom. The van der Waals surface area contributed by atoms with Crippen LogP contribution in [0.5, 0.6) is 5.75 Å². The first-order chi connectivity index (χ1) is 15.3. The molecule has 3 rings (SSSR count). The second-order valence-electron chi connectivity index (χ2n) is 7.94. The van der Waals surface area contributed by atoms with Crippen LogP contribution in [0.15, 0.2) is 48.5 Å². The van der Waals surface area contributed by atoms with Gasteiger partial charge in [-0.25, -0.2) is 0 Å². The van der Waals surface area contributed by atoms with Gasteiger partial charge in [0.2, 0.25) is 0 Å². The largest absolute Gasteiger partial charge is 0.492 e. The van der Waals surface area contributed by atoms with Crippen LogP contribution in [-0.4, -0.2) is 55.3 Å². The molecular weight excluding hydrogens is 457 g/mol. The highest BCUT2D eigenvalue weighted by Gasteiger charge is 2.35. The van der Waals surface area contributed by atoms with Crippen molar-refractivity contribution in [2.24, 2.45) is 0 Å². The quantitative estimate of drug-likeness (QED) is 0.472. The third kappa shape index (κ3) is 8.44. The van der Waals surface area contributed by atoms with Gasteiger partial charge in [0.1, 0.15) is 12.4 Å². The van der Waals surface area contributed by atoms with E-state index in [4.69, 9.17) is 9.84 Å². The number of hydrogen-bond acceptors (Lipinski definition) is 4. The number of rotatable bonds is 10. The minimum atomic E-state index is -4.35. The van der Waals surface area contributed by atoms with E-state index in [-0.39, 0.29) is 24.5 Å². The number of alkyl halides is 3. The maximum Gasteiger partial charge on any atom is 0.418 e. The van der Waals surface area contributed by atoms with Gasteiger partial charge in [-0.05, 0) is 49.1 Å². The summed E-state index contributed by atoms with van der Waals surface area (Å²) in [5.74, 6) is 0.0123. The van der Waals surface area contributed by atoms with Gasteiger partial charge in [0, 0.05) is 44.8 Å². The number of para-hydroxylation sites is 1. The van der Waals surface area contributed by atoms with E-state index >= 15 is 0 Å². The maximum atomic E-state index is 13.3. The normalized spacial score (nSPS) is 14.6. The van der Waals surface area contributed by atoms with Gasteiger partial charge in [-0.1, -0.05) is 24.3 Å². The van der Waals surface area contributed by atoms with Gasteiger partial charge >= 0.3 is 12.1 Å². The lowest BCUT2D eigenvalue weighted by Gasteiger charge is -2.37. The van der Waals surface area contributed by atoms with Crippen molar-refractivity contribution >= 4 is 24.1 Å². The Bertz CT molecular complexity index is 870. The number of carboxylic acids is 1. The number of carboxylic acid groups (broad SMARTS) is 1. The Balaban J connectivity index is 0.00000385. The fourth-order valence-corrected chi connectivity index (χ4v) is 3.85. The van der Waals surface area contributed by atoms with Gasteiger partial charge in [-0.2, -0.15) is 13.2 Å². The van der Waals surface area contributed by atoms with Crippen LogP contribution in [0.2, 0.25) is 0 Å². The van der Waals surface area contributed by atoms with E-state index in [2.05, 4.69) is 4.90 Å². The predicted molar refractivity (Wildman–Crippen MR) is 124 cm³/mol. The molecule has 1 saturated heterocycles. The molecular formula is C24H30ClF3N2O3. The van der Waals surface area contributed by atoms with Gasteiger partial charge in [-0.15, -0.1) is 12.4 Å². The first-order valence-corrected chi connectivity index (χ1v) is 10.9. The Hall–Kier alpha value is -2.45. The number of halogens is 4. The standard InChI is InChI=1S/C24H29F3N2O3.ClH/c25-24(26,27)21-6-2-3-7-22(21)29-15-13-28(14-16-29)17-18-32-20-11-9-19(10-12-20)5-1-4-8-23(30)31;/h2-3,6-7,9-12H,1,4-5,8,13-18H2,(H,30,31);1H. The summed E-state index contributed by atoms with van der Waals surface area (Å²) in [4.78, 5) is 14.5. The van der Waals surface area contributed by atoms with Gasteiger partial charge in [0.15, 0.2) is 0 Å². The number of ether oxygens (including phenoxy) is 1. The molecule has 0 spiro atoms. The SMILES string of the molecule is Cl.O=C(O)CCCCc1ccc(OCCN2CCN(c3ccccc3C(F)(F)F)CC2)cc1. The van der Waals surface area contributed by atoms with Crippen LogP contribution in [0, 0.1) is 0 Å². The van der Waals surface area contributed by atoms with E-state index in [0.29, 0.717) is 45.8 Å². The summed E-state index contributed by atoms with van der Waals surface area (Å²) < 4.78 is 45.6. The lowest BCUT2D eigenvalue weighted by atomic mass is 10.1. The van der Waals surface area contributed by atoms with Crippen LogP contribution in [0.3, 0.4) is 0 Å². The number of benzene rings is 2. The van der Waals surface area contributed by atoms with E-state index in [9.17, 15) is 18.0 Å². The van der Waals surface area contributed by atoms with Gasteiger partial charge in [-0.3, -0.25) is 9.69 Å². The number of nitrogens with zero attached hydrogens (tertiary/aromatic N) is 2. The molecule has 0 atom stereocenters. The number of aliphatic carboxylic acids is 1. The molecule has 0 radical (unpaired) electrons. The van der Waals surface area contributed by atoms with E-state index in [1.54, 1.807) is 11.0 Å². The second-order valence-corrected chi connectivity index (χ2v) is 7.94. The molecule has 0 amide bonds. The first-order valence-electron chi connectivity index (χ1n) is 10.9. The molecule has 1 heterocycles. The molecule has 33 heavy (non-hydrogen) atoms. The zero-order valence-electron chi connectivity index (χ0n) is 18.4. The zero-order chi connectivity index (χ0) is 23.0. The summed E-state index contributed by atoms with van der Waals surface area (Å²) in [7, 11) is 0. The minimum absolute atomic E-state index is 0. The van der Waals surface area contributed by atoms with Crippen LogP contribution in [-0.2, 0) is 17.4 Å². The predicted octanol–water partition coefficient (Wildman–Crippen LogP) is 5.13. The molecule has 0 aromatic heterocycles. The van der Waals surface area contributed by atoms with Crippen molar-refractivity contribution in [1.29, 1.82) is 0 Å². The number of hydrogen-bond donors (Lipinski definition) is 1. The molecule has 1 aliphatic heterocycles. The monoisotopic (exact) mass is 486 g/mol. The number of aryl methyl sites for hydroxylation is 1. The van der Waals surface area contributed by atoms with Crippen LogP contribution in [0.1, 0.15) is 30.4 Å². The topological polar surface area (TPSA) is 53.0 Å². The molecule has 9 heteroatoms. The Kier molecular flexibility index (Phi) is 10.3. The summed E-state index contributed by atoms with van der Waals surface area (Å²) in [5.41, 5.74) is 0.819. The van der Waals surface area contributed by atoms with Gasteiger partial charge in [0.05, 0.1) is 5.56 Å². The summed E-state index contributed by atoms with van der Waals surface area (Å²) in [6.07, 6.45) is -1.80. The van der Waals surface area contributed by atoms with E-state index in [1.807, 2.05) is 24.3 Å². The van der Waals surface area contributed by atoms with Crippen molar-refractivity contribution in [1.82, 2.24) is 4.90 Å². The third-order valence-electron chi connectivity index (χ3n) is 5.63. The highest BCUT2D eigenvalue weighted by atomic mass is 35.5. The number of unbranched alkanes of at least 4 members (excludes halogenated alkanes) is 1. The van der Waals surface area contributed by atoms with E-state index in [1.165, 1.54) is 12.1 Å². The molecule has 182 valence electrons. The summed E-state index contributed by atoms with van der Waals surface area (Å²) in [6.45, 7) is 3.69. The highest BCUT2D eigenvalue weighted by Crippen LogP contribution is 2.36. The average Bonchev–Trinajstić information content (AvgIpc) is 2.77. The van der Waals surface area contributed by atoms with Crippen LogP contribution >= 0.6 is 12.4 Å². The number of anilines is 1.